The van der Waals surface area contributed by atoms with E-state index in [9.17, 15) is 14.4 Å². The lowest BCUT2D eigenvalue weighted by Crippen LogP contribution is -2.52. The van der Waals surface area contributed by atoms with Crippen LogP contribution in [0.25, 0.3) is 10.9 Å². The molecule has 0 aliphatic carbocycles. The van der Waals surface area contributed by atoms with Crippen LogP contribution in [0.4, 0.5) is 0 Å². The number of pyridine rings is 1. The van der Waals surface area contributed by atoms with Gasteiger partial charge >= 0.3 is 0 Å². The first-order chi connectivity index (χ1) is 18.0. The van der Waals surface area contributed by atoms with Crippen molar-refractivity contribution in [3.8, 4) is 5.75 Å². The number of piperidine rings is 2. The molecule has 1 spiro atoms. The minimum atomic E-state index is -0.614. The van der Waals surface area contributed by atoms with Crippen LogP contribution in [0.5, 0.6) is 5.75 Å². The maximum absolute atomic E-state index is 13.2. The van der Waals surface area contributed by atoms with Crippen molar-refractivity contribution in [2.24, 2.45) is 0 Å². The Morgan fingerprint density at radius 2 is 1.95 bits per heavy atom. The number of nitrogens with zero attached hydrogens (tertiary/aromatic N) is 3. The second-order valence-electron chi connectivity index (χ2n) is 10.7. The van der Waals surface area contributed by atoms with Gasteiger partial charge in [0.1, 0.15) is 11.8 Å². The summed E-state index contributed by atoms with van der Waals surface area (Å²) in [6.07, 6.45) is 4.44. The van der Waals surface area contributed by atoms with Crippen LogP contribution in [0, 0.1) is 0 Å². The van der Waals surface area contributed by atoms with E-state index in [0.29, 0.717) is 25.1 Å². The summed E-state index contributed by atoms with van der Waals surface area (Å²) in [4.78, 5) is 45.8. The molecule has 1 N–H and O–H groups in total. The number of nitrogens with one attached hydrogen (secondary N) is 1. The number of rotatable bonds is 3. The Labute approximate surface area is 214 Å². The number of hydrogen-bond acceptors (Lipinski definition) is 6. The molecule has 188 valence electrons. The van der Waals surface area contributed by atoms with Crippen LogP contribution in [-0.4, -0.2) is 58.2 Å². The van der Waals surface area contributed by atoms with Gasteiger partial charge in [0.05, 0.1) is 18.7 Å². The van der Waals surface area contributed by atoms with E-state index in [1.165, 1.54) is 11.1 Å². The molecule has 7 rings (SSSR count). The highest BCUT2D eigenvalue weighted by atomic mass is 16.5. The number of fused-ring (bicyclic) bond motifs is 5. The predicted molar refractivity (Wildman–Crippen MR) is 136 cm³/mol. The summed E-state index contributed by atoms with van der Waals surface area (Å²) in [7, 11) is 0. The molecule has 4 aliphatic heterocycles. The lowest BCUT2D eigenvalue weighted by molar-refractivity contribution is -0.136. The molecule has 5 heterocycles. The highest BCUT2D eigenvalue weighted by Gasteiger charge is 2.47. The molecule has 37 heavy (non-hydrogen) atoms. The molecule has 2 fully saturated rings. The highest BCUT2D eigenvalue weighted by molar-refractivity contribution is 6.05. The maximum Gasteiger partial charge on any atom is 0.255 e. The standard InChI is InChI=1S/C29H28N4O4/c34-25-8-7-24(27(35)31-25)33-16-21-20(28(33)36)5-6-22-26(21)37-17-29(22)9-12-32(13-10-29)15-18-3-4-19-2-1-11-30-23(19)14-18/h1-6,11,14,24H,7-10,12-13,15-17H2,(H,31,34,35). The third-order valence-corrected chi connectivity index (χ3v) is 8.62. The topological polar surface area (TPSA) is 91.8 Å². The van der Waals surface area contributed by atoms with Gasteiger partial charge in [-0.25, -0.2) is 0 Å². The minimum absolute atomic E-state index is 0.0447. The van der Waals surface area contributed by atoms with Gasteiger partial charge in [0.15, 0.2) is 0 Å². The van der Waals surface area contributed by atoms with E-state index < -0.39 is 6.04 Å². The van der Waals surface area contributed by atoms with Gasteiger partial charge in [0, 0.05) is 46.7 Å². The number of likely N-dealkylation sites (tertiary alicyclic amines) is 1. The van der Waals surface area contributed by atoms with Gasteiger partial charge in [-0.2, -0.15) is 0 Å². The zero-order valence-electron chi connectivity index (χ0n) is 20.5. The van der Waals surface area contributed by atoms with Crippen molar-refractivity contribution in [3.63, 3.8) is 0 Å². The van der Waals surface area contributed by atoms with Gasteiger partial charge in [-0.15, -0.1) is 0 Å². The average molecular weight is 497 g/mol. The fraction of sp³-hybridized carbons (Fsp3) is 0.379. The number of imide groups is 1. The van der Waals surface area contributed by atoms with E-state index in [1.807, 2.05) is 18.3 Å². The second-order valence-corrected chi connectivity index (χ2v) is 10.7. The molecule has 3 amide bonds. The number of amides is 3. The normalized spacial score (nSPS) is 22.8. The first-order valence-electron chi connectivity index (χ1n) is 13.0. The van der Waals surface area contributed by atoms with Gasteiger partial charge in [-0.05, 0) is 56.1 Å². The highest BCUT2D eigenvalue weighted by Crippen LogP contribution is 2.49. The number of aromatic nitrogens is 1. The summed E-state index contributed by atoms with van der Waals surface area (Å²) >= 11 is 0. The zero-order valence-corrected chi connectivity index (χ0v) is 20.5. The number of hydrogen-bond donors (Lipinski definition) is 1. The van der Waals surface area contributed by atoms with Crippen molar-refractivity contribution in [3.05, 3.63) is 70.9 Å². The van der Waals surface area contributed by atoms with Gasteiger partial charge in [-0.1, -0.05) is 24.3 Å². The van der Waals surface area contributed by atoms with E-state index in [2.05, 4.69) is 45.5 Å². The predicted octanol–water partition coefficient (Wildman–Crippen LogP) is 2.92. The van der Waals surface area contributed by atoms with Gasteiger partial charge in [-0.3, -0.25) is 29.6 Å². The van der Waals surface area contributed by atoms with E-state index in [0.717, 1.165) is 54.7 Å². The molecule has 0 radical (unpaired) electrons. The Bertz CT molecular complexity index is 1460. The molecule has 2 saturated heterocycles. The fourth-order valence-electron chi connectivity index (χ4n) is 6.51. The number of carbonyl (C=O) groups excluding carboxylic acids is 3. The summed E-state index contributed by atoms with van der Waals surface area (Å²) in [5, 5.41) is 3.53. The first-order valence-corrected chi connectivity index (χ1v) is 13.0. The third kappa shape index (κ3) is 3.62. The first kappa shape index (κ1) is 22.4. The molecule has 1 atom stereocenters. The Kier molecular flexibility index (Phi) is 5.08. The van der Waals surface area contributed by atoms with Crippen molar-refractivity contribution in [2.45, 2.75) is 50.2 Å². The smallest absolute Gasteiger partial charge is 0.255 e. The molecule has 8 heteroatoms. The Morgan fingerprint density at radius 1 is 1.08 bits per heavy atom. The van der Waals surface area contributed by atoms with Crippen LogP contribution in [0.2, 0.25) is 0 Å². The Morgan fingerprint density at radius 3 is 2.78 bits per heavy atom. The summed E-state index contributed by atoms with van der Waals surface area (Å²) in [6, 6.07) is 13.9. The van der Waals surface area contributed by atoms with Crippen LogP contribution >= 0.6 is 0 Å². The quantitative estimate of drug-likeness (QED) is 0.561. The largest absolute Gasteiger partial charge is 0.492 e. The zero-order chi connectivity index (χ0) is 25.1. The van der Waals surface area contributed by atoms with Gasteiger partial charge in [0.2, 0.25) is 11.8 Å². The number of carbonyl (C=O) groups is 3. The van der Waals surface area contributed by atoms with Crippen LogP contribution in [0.15, 0.2) is 48.7 Å². The molecule has 0 saturated carbocycles. The third-order valence-electron chi connectivity index (χ3n) is 8.62. The second kappa shape index (κ2) is 8.38. The van der Waals surface area contributed by atoms with Crippen LogP contribution < -0.4 is 10.1 Å². The summed E-state index contributed by atoms with van der Waals surface area (Å²) in [5.41, 5.74) is 4.95. The van der Waals surface area contributed by atoms with E-state index in [-0.39, 0.29) is 29.6 Å². The molecule has 2 aromatic carbocycles. The lowest BCUT2D eigenvalue weighted by Gasteiger charge is -2.38. The monoisotopic (exact) mass is 496 g/mol. The number of benzene rings is 2. The summed E-state index contributed by atoms with van der Waals surface area (Å²) < 4.78 is 6.30. The van der Waals surface area contributed by atoms with Crippen molar-refractivity contribution < 1.29 is 19.1 Å². The van der Waals surface area contributed by atoms with Crippen LogP contribution in [0.1, 0.15) is 52.7 Å². The molecule has 8 nitrogen and oxygen atoms in total. The van der Waals surface area contributed by atoms with E-state index in [4.69, 9.17) is 4.74 Å². The maximum atomic E-state index is 13.2. The molecule has 1 aromatic heterocycles. The lowest BCUT2D eigenvalue weighted by atomic mass is 9.74. The van der Waals surface area contributed by atoms with Crippen molar-refractivity contribution in [2.75, 3.05) is 19.7 Å². The fourth-order valence-corrected chi connectivity index (χ4v) is 6.51. The molecule has 3 aromatic rings. The average Bonchev–Trinajstić information content (AvgIpc) is 3.43. The van der Waals surface area contributed by atoms with E-state index >= 15 is 0 Å². The SMILES string of the molecule is O=C1CCC(N2Cc3c(ccc4c3OCC43CCN(Cc4ccc5cccnc5c4)CC3)C2=O)C(=O)N1. The Hall–Kier alpha value is -3.78. The van der Waals surface area contributed by atoms with Crippen molar-refractivity contribution in [1.82, 2.24) is 20.1 Å². The van der Waals surface area contributed by atoms with Gasteiger partial charge in [0.25, 0.3) is 5.91 Å². The van der Waals surface area contributed by atoms with Crippen molar-refractivity contribution >= 4 is 28.6 Å². The minimum Gasteiger partial charge on any atom is -0.492 e. The van der Waals surface area contributed by atoms with Crippen LogP contribution in [-0.2, 0) is 28.1 Å². The van der Waals surface area contributed by atoms with Gasteiger partial charge < -0.3 is 9.64 Å². The molecular weight excluding hydrogens is 468 g/mol. The van der Waals surface area contributed by atoms with E-state index in [1.54, 1.807) is 4.90 Å². The Balaban J connectivity index is 1.08. The molecule has 4 aliphatic rings. The summed E-state index contributed by atoms with van der Waals surface area (Å²) in [5.74, 6) is 0.00690. The molecular formula is C29H28N4O4. The summed E-state index contributed by atoms with van der Waals surface area (Å²) in [6.45, 7) is 3.82. The van der Waals surface area contributed by atoms with Crippen molar-refractivity contribution in [1.29, 1.82) is 0 Å². The molecule has 1 unspecified atom stereocenters. The number of ether oxygens (including phenoxy) is 1. The van der Waals surface area contributed by atoms with Crippen LogP contribution in [0.3, 0.4) is 0 Å². The molecule has 0 bridgehead atoms.